The smallest absolute Gasteiger partial charge is 0.287 e. The van der Waals surface area contributed by atoms with Crippen LogP contribution < -0.4 is 11.1 Å². The van der Waals surface area contributed by atoms with Gasteiger partial charge in [-0.3, -0.25) is 4.79 Å². The molecule has 1 aromatic heterocycles. The zero-order valence-corrected chi connectivity index (χ0v) is 13.4. The van der Waals surface area contributed by atoms with E-state index < -0.39 is 5.54 Å². The fourth-order valence-corrected chi connectivity index (χ4v) is 1.89. The van der Waals surface area contributed by atoms with Gasteiger partial charge in [0.1, 0.15) is 5.76 Å². The highest BCUT2D eigenvalue weighted by Gasteiger charge is 2.16. The number of halogens is 2. The molecule has 4 nitrogen and oxygen atoms in total. The molecule has 0 aliphatic carbocycles. The molecule has 21 heavy (non-hydrogen) atoms. The molecule has 0 saturated heterocycles. The monoisotopic (exact) mass is 328 g/mol. The molecule has 0 atom stereocenters. The van der Waals surface area contributed by atoms with Crippen molar-refractivity contribution < 1.29 is 9.21 Å². The van der Waals surface area contributed by atoms with E-state index in [4.69, 9.17) is 21.8 Å². The van der Waals surface area contributed by atoms with Crippen LogP contribution in [0.15, 0.2) is 40.8 Å². The van der Waals surface area contributed by atoms with Crippen molar-refractivity contribution in [1.29, 1.82) is 0 Å². The Morgan fingerprint density at radius 1 is 1.29 bits per heavy atom. The Labute approximate surface area is 135 Å². The second kappa shape index (κ2) is 6.98. The number of carbonyl (C=O) groups excluding carboxylic acids is 1. The van der Waals surface area contributed by atoms with Gasteiger partial charge in [-0.2, -0.15) is 0 Å². The van der Waals surface area contributed by atoms with Gasteiger partial charge in [-0.05, 0) is 38.1 Å². The van der Waals surface area contributed by atoms with Crippen molar-refractivity contribution in [2.45, 2.75) is 19.4 Å². The highest BCUT2D eigenvalue weighted by molar-refractivity contribution is 6.33. The SMILES string of the molecule is CC(C)(N)CNC(=O)c1ccc(-c2ccccc2Cl)o1.Cl. The van der Waals surface area contributed by atoms with Crippen LogP contribution in [0.2, 0.25) is 5.02 Å². The number of benzene rings is 1. The molecule has 2 rings (SSSR count). The van der Waals surface area contributed by atoms with Crippen LogP contribution in [0.1, 0.15) is 24.4 Å². The molecule has 0 spiro atoms. The van der Waals surface area contributed by atoms with Gasteiger partial charge in [-0.1, -0.05) is 23.7 Å². The third-order valence-electron chi connectivity index (χ3n) is 2.67. The second-order valence-corrected chi connectivity index (χ2v) is 5.72. The van der Waals surface area contributed by atoms with Gasteiger partial charge in [0.25, 0.3) is 5.91 Å². The van der Waals surface area contributed by atoms with Gasteiger partial charge in [0, 0.05) is 17.6 Å². The normalized spacial score (nSPS) is 10.9. The van der Waals surface area contributed by atoms with E-state index >= 15 is 0 Å². The van der Waals surface area contributed by atoms with E-state index in [1.165, 1.54) is 0 Å². The van der Waals surface area contributed by atoms with Crippen molar-refractivity contribution in [3.8, 4) is 11.3 Å². The fourth-order valence-electron chi connectivity index (χ4n) is 1.66. The lowest BCUT2D eigenvalue weighted by Crippen LogP contribution is -2.45. The Balaban J connectivity index is 0.00000220. The van der Waals surface area contributed by atoms with Crippen LogP contribution in [0.5, 0.6) is 0 Å². The summed E-state index contributed by atoms with van der Waals surface area (Å²) in [6, 6.07) is 10.7. The van der Waals surface area contributed by atoms with Crippen molar-refractivity contribution in [2.24, 2.45) is 5.73 Å². The van der Waals surface area contributed by atoms with Crippen LogP contribution in [0, 0.1) is 0 Å². The summed E-state index contributed by atoms with van der Waals surface area (Å²) in [4.78, 5) is 11.9. The summed E-state index contributed by atoms with van der Waals surface area (Å²) >= 11 is 6.09. The number of nitrogens with one attached hydrogen (secondary N) is 1. The maximum atomic E-state index is 11.9. The average Bonchev–Trinajstić information content (AvgIpc) is 2.85. The van der Waals surface area contributed by atoms with Gasteiger partial charge in [-0.15, -0.1) is 12.4 Å². The average molecular weight is 329 g/mol. The Bertz CT molecular complexity index is 618. The lowest BCUT2D eigenvalue weighted by molar-refractivity contribution is 0.0919. The first kappa shape index (κ1) is 17.6. The van der Waals surface area contributed by atoms with E-state index in [2.05, 4.69) is 5.32 Å². The van der Waals surface area contributed by atoms with E-state index in [9.17, 15) is 4.79 Å². The zero-order chi connectivity index (χ0) is 14.8. The molecule has 0 unspecified atom stereocenters. The van der Waals surface area contributed by atoms with Crippen molar-refractivity contribution in [3.05, 3.63) is 47.2 Å². The molecule has 1 amide bonds. The molecule has 0 aliphatic rings. The maximum absolute atomic E-state index is 11.9. The fraction of sp³-hybridized carbons (Fsp3) is 0.267. The van der Waals surface area contributed by atoms with Crippen LogP contribution >= 0.6 is 24.0 Å². The molecule has 1 heterocycles. The minimum absolute atomic E-state index is 0. The molecule has 0 radical (unpaired) electrons. The highest BCUT2D eigenvalue weighted by Crippen LogP contribution is 2.28. The lowest BCUT2D eigenvalue weighted by atomic mass is 10.1. The second-order valence-electron chi connectivity index (χ2n) is 5.32. The number of hydrogen-bond acceptors (Lipinski definition) is 3. The maximum Gasteiger partial charge on any atom is 0.287 e. The van der Waals surface area contributed by atoms with E-state index in [1.54, 1.807) is 18.2 Å². The predicted octanol–water partition coefficient (Wildman–Crippen LogP) is 3.49. The minimum atomic E-state index is -0.464. The molecule has 3 N–H and O–H groups in total. The first-order chi connectivity index (χ1) is 9.37. The van der Waals surface area contributed by atoms with Crippen LogP contribution in [-0.4, -0.2) is 18.0 Å². The van der Waals surface area contributed by atoms with Crippen molar-refractivity contribution >= 4 is 29.9 Å². The number of carbonyl (C=O) groups is 1. The third kappa shape index (κ3) is 4.77. The van der Waals surface area contributed by atoms with Gasteiger partial charge in [0.2, 0.25) is 0 Å². The molecule has 0 aliphatic heterocycles. The molecule has 0 bridgehead atoms. The predicted molar refractivity (Wildman–Crippen MR) is 87.0 cm³/mol. The number of nitrogens with two attached hydrogens (primary N) is 1. The van der Waals surface area contributed by atoms with E-state index in [0.717, 1.165) is 5.56 Å². The van der Waals surface area contributed by atoms with E-state index in [0.29, 0.717) is 17.3 Å². The van der Waals surface area contributed by atoms with Gasteiger partial charge < -0.3 is 15.5 Å². The van der Waals surface area contributed by atoms with E-state index in [-0.39, 0.29) is 24.1 Å². The summed E-state index contributed by atoms with van der Waals surface area (Å²) in [5.41, 5.74) is 6.11. The molecule has 0 fully saturated rings. The topological polar surface area (TPSA) is 68.3 Å². The quantitative estimate of drug-likeness (QED) is 0.902. The van der Waals surface area contributed by atoms with Crippen LogP contribution in [-0.2, 0) is 0 Å². The highest BCUT2D eigenvalue weighted by atomic mass is 35.5. The molecular formula is C15H18Cl2N2O2. The molecule has 1 aromatic carbocycles. The first-order valence-electron chi connectivity index (χ1n) is 6.29. The summed E-state index contributed by atoms with van der Waals surface area (Å²) in [6.07, 6.45) is 0. The van der Waals surface area contributed by atoms with Gasteiger partial charge >= 0.3 is 0 Å². The van der Waals surface area contributed by atoms with Gasteiger partial charge in [0.15, 0.2) is 5.76 Å². The largest absolute Gasteiger partial charge is 0.451 e. The Kier molecular flexibility index (Phi) is 5.84. The lowest BCUT2D eigenvalue weighted by Gasteiger charge is -2.18. The van der Waals surface area contributed by atoms with E-state index in [1.807, 2.05) is 32.0 Å². The number of amides is 1. The standard InChI is InChI=1S/C15H17ClN2O2.ClH/c1-15(2,17)9-18-14(19)13-8-7-12(20-13)10-5-3-4-6-11(10)16;/h3-8H,9,17H2,1-2H3,(H,18,19);1H. The van der Waals surface area contributed by atoms with Crippen molar-refractivity contribution in [3.63, 3.8) is 0 Å². The number of rotatable bonds is 4. The molecular weight excluding hydrogens is 311 g/mol. The summed E-state index contributed by atoms with van der Waals surface area (Å²) < 4.78 is 5.54. The summed E-state index contributed by atoms with van der Waals surface area (Å²) in [6.45, 7) is 4.04. The Hall–Kier alpha value is -1.49. The van der Waals surface area contributed by atoms with Crippen LogP contribution in [0.4, 0.5) is 0 Å². The zero-order valence-electron chi connectivity index (χ0n) is 11.9. The Morgan fingerprint density at radius 3 is 2.57 bits per heavy atom. The van der Waals surface area contributed by atoms with Crippen molar-refractivity contribution in [2.75, 3.05) is 6.54 Å². The van der Waals surface area contributed by atoms with Gasteiger partial charge in [-0.25, -0.2) is 0 Å². The summed E-state index contributed by atoms with van der Waals surface area (Å²) in [5.74, 6) is 0.513. The summed E-state index contributed by atoms with van der Waals surface area (Å²) in [7, 11) is 0. The van der Waals surface area contributed by atoms with Crippen molar-refractivity contribution in [1.82, 2.24) is 5.32 Å². The van der Waals surface area contributed by atoms with Crippen LogP contribution in [0.3, 0.4) is 0 Å². The molecule has 0 saturated carbocycles. The first-order valence-corrected chi connectivity index (χ1v) is 6.66. The third-order valence-corrected chi connectivity index (χ3v) is 3.00. The molecule has 114 valence electrons. The molecule has 2 aromatic rings. The number of hydrogen-bond donors (Lipinski definition) is 2. The Morgan fingerprint density at radius 2 is 1.95 bits per heavy atom. The minimum Gasteiger partial charge on any atom is -0.451 e. The van der Waals surface area contributed by atoms with Gasteiger partial charge in [0.05, 0.1) is 5.02 Å². The molecule has 6 heteroatoms. The summed E-state index contributed by atoms with van der Waals surface area (Å²) in [5, 5.41) is 3.31. The number of furan rings is 1. The van der Waals surface area contributed by atoms with Crippen LogP contribution in [0.25, 0.3) is 11.3 Å².